The van der Waals surface area contributed by atoms with Gasteiger partial charge in [-0.15, -0.1) is 22.7 Å². The molecular weight excluding hydrogens is 379 g/mol. The first-order valence-corrected chi connectivity index (χ1v) is 9.87. The fourth-order valence-electron chi connectivity index (χ4n) is 2.95. The van der Waals surface area contributed by atoms with Crippen molar-refractivity contribution in [3.63, 3.8) is 0 Å². The van der Waals surface area contributed by atoms with Crippen LogP contribution in [0.3, 0.4) is 0 Å². The molecule has 0 aliphatic carbocycles. The number of fused-ring (bicyclic) bond motifs is 5. The molecule has 3 heterocycles. The van der Waals surface area contributed by atoms with E-state index < -0.39 is 0 Å². The maximum atomic E-state index is 3.59. The van der Waals surface area contributed by atoms with Crippen LogP contribution in [-0.4, -0.2) is 7.85 Å². The molecule has 0 bridgehead atoms. The van der Waals surface area contributed by atoms with Crippen molar-refractivity contribution in [2.75, 3.05) is 0 Å². The van der Waals surface area contributed by atoms with Gasteiger partial charge in [0.2, 0.25) is 0 Å². The van der Waals surface area contributed by atoms with Crippen molar-refractivity contribution in [3.05, 3.63) is 40.2 Å². The lowest BCUT2D eigenvalue weighted by molar-refractivity contribution is 2.01. The minimum Gasteiger partial charge on any atom is -0.151 e. The number of halogens is 1. The second kappa shape index (κ2) is 4.32. The van der Waals surface area contributed by atoms with Gasteiger partial charge < -0.3 is 0 Å². The number of benzene rings is 2. The van der Waals surface area contributed by atoms with Crippen molar-refractivity contribution in [1.82, 2.24) is 0 Å². The Balaban J connectivity index is 1.97. The van der Waals surface area contributed by atoms with E-state index in [-0.39, 0.29) is 0 Å². The summed E-state index contributed by atoms with van der Waals surface area (Å²) in [5, 5.41) is 5.49. The van der Waals surface area contributed by atoms with Crippen LogP contribution >= 0.6 is 49.9 Å². The Kier molecular flexibility index (Phi) is 2.60. The van der Waals surface area contributed by atoms with Crippen molar-refractivity contribution >= 4 is 103 Å². The van der Waals surface area contributed by atoms with Crippen LogP contribution in [0.15, 0.2) is 40.2 Å². The fourth-order valence-corrected chi connectivity index (χ4v) is 6.77. The van der Waals surface area contributed by atoms with E-state index in [4.69, 9.17) is 0 Å². The highest BCUT2D eigenvalue weighted by Gasteiger charge is 2.10. The van der Waals surface area contributed by atoms with Crippen molar-refractivity contribution in [1.29, 1.82) is 0 Å². The molecule has 21 heavy (non-hydrogen) atoms. The van der Waals surface area contributed by atoms with E-state index in [0.717, 1.165) is 0 Å². The predicted octanol–water partition coefficient (Wildman–Crippen LogP) is 5.50. The Morgan fingerprint density at radius 1 is 0.667 bits per heavy atom. The summed E-state index contributed by atoms with van der Waals surface area (Å²) in [5.74, 6) is 0. The highest BCUT2D eigenvalue weighted by atomic mass is 79.9. The maximum absolute atomic E-state index is 3.59. The fraction of sp³-hybridized carbons (Fsp3) is 0. The summed E-state index contributed by atoms with van der Waals surface area (Å²) in [6.45, 7) is 0. The highest BCUT2D eigenvalue weighted by Crippen LogP contribution is 2.41. The number of hydrogen-bond donors (Lipinski definition) is 0. The Bertz CT molecular complexity index is 1070. The number of thiophene rings is 3. The normalized spacial score (nSPS) is 12.2. The Morgan fingerprint density at radius 2 is 1.29 bits per heavy atom. The largest absolute Gasteiger partial charge is 0.152 e. The van der Waals surface area contributed by atoms with E-state index in [2.05, 4.69) is 60.2 Å². The van der Waals surface area contributed by atoms with E-state index in [1.54, 1.807) is 0 Å². The molecule has 0 spiro atoms. The van der Waals surface area contributed by atoms with E-state index in [9.17, 15) is 0 Å². The summed E-state index contributed by atoms with van der Waals surface area (Å²) in [7, 11) is 2.18. The van der Waals surface area contributed by atoms with Gasteiger partial charge in [0.1, 0.15) is 0 Å². The van der Waals surface area contributed by atoms with Crippen molar-refractivity contribution in [3.8, 4) is 0 Å². The molecule has 0 amide bonds. The molecule has 0 aliphatic heterocycles. The van der Waals surface area contributed by atoms with Gasteiger partial charge in [-0.1, -0.05) is 6.07 Å². The summed E-state index contributed by atoms with van der Waals surface area (Å²) in [5.41, 5.74) is 0. The molecule has 3 aromatic heterocycles. The SMILES string of the molecule is Bc1cc2cc3c(cc2s1)sc1cc2sc(Br)cc2cc13. The summed E-state index contributed by atoms with van der Waals surface area (Å²) in [6, 6.07) is 13.9. The molecule has 0 saturated carbocycles. The summed E-state index contributed by atoms with van der Waals surface area (Å²) >= 11 is 9.20. The van der Waals surface area contributed by atoms with Gasteiger partial charge in [0.05, 0.1) is 3.79 Å². The monoisotopic (exact) mass is 386 g/mol. The zero-order valence-corrected chi connectivity index (χ0v) is 15.1. The van der Waals surface area contributed by atoms with Crippen LogP contribution in [-0.2, 0) is 0 Å². The Hall–Kier alpha value is -0.875. The summed E-state index contributed by atoms with van der Waals surface area (Å²) in [6.07, 6.45) is 0. The molecule has 0 aliphatic rings. The molecule has 0 radical (unpaired) electrons. The van der Waals surface area contributed by atoms with Gasteiger partial charge >= 0.3 is 0 Å². The van der Waals surface area contributed by atoms with Crippen LogP contribution in [0.4, 0.5) is 0 Å². The lowest BCUT2D eigenvalue weighted by atomic mass is 10.1. The Morgan fingerprint density at radius 3 is 2.00 bits per heavy atom. The van der Waals surface area contributed by atoms with Crippen LogP contribution in [0.1, 0.15) is 0 Å². The van der Waals surface area contributed by atoms with Gasteiger partial charge in [-0.3, -0.25) is 0 Å². The van der Waals surface area contributed by atoms with Gasteiger partial charge in [0, 0.05) is 29.6 Å². The van der Waals surface area contributed by atoms with Crippen LogP contribution in [0.25, 0.3) is 40.3 Å². The Labute approximate surface area is 142 Å². The molecule has 5 aromatic rings. The molecule has 0 unspecified atom stereocenters. The summed E-state index contributed by atoms with van der Waals surface area (Å²) < 4.78 is 8.14. The first-order valence-electron chi connectivity index (χ1n) is 6.63. The highest BCUT2D eigenvalue weighted by molar-refractivity contribution is 9.11. The van der Waals surface area contributed by atoms with Gasteiger partial charge in [0.15, 0.2) is 7.85 Å². The number of hydrogen-bond acceptors (Lipinski definition) is 3. The molecule has 0 saturated heterocycles. The van der Waals surface area contributed by atoms with Gasteiger partial charge in [-0.25, -0.2) is 0 Å². The topological polar surface area (TPSA) is 0 Å². The van der Waals surface area contributed by atoms with Crippen molar-refractivity contribution < 1.29 is 0 Å². The van der Waals surface area contributed by atoms with E-state index in [1.165, 1.54) is 48.9 Å². The van der Waals surface area contributed by atoms with E-state index in [0.29, 0.717) is 0 Å². The maximum Gasteiger partial charge on any atom is 0.152 e. The minimum absolute atomic E-state index is 1.20. The lowest BCUT2D eigenvalue weighted by Crippen LogP contribution is -1.88. The second-order valence-corrected chi connectivity index (χ2v) is 10.1. The first-order chi connectivity index (χ1) is 10.2. The lowest BCUT2D eigenvalue weighted by Gasteiger charge is -1.94. The molecular formula is C16H8BBrS3. The smallest absolute Gasteiger partial charge is 0.151 e. The van der Waals surface area contributed by atoms with Crippen molar-refractivity contribution in [2.45, 2.75) is 0 Å². The average molecular weight is 387 g/mol. The minimum atomic E-state index is 1.20. The van der Waals surface area contributed by atoms with E-state index in [1.807, 2.05) is 34.0 Å². The van der Waals surface area contributed by atoms with Gasteiger partial charge in [-0.05, 0) is 61.8 Å². The van der Waals surface area contributed by atoms with Gasteiger partial charge in [-0.2, -0.15) is 11.3 Å². The van der Waals surface area contributed by atoms with Crippen LogP contribution in [0.5, 0.6) is 0 Å². The second-order valence-electron chi connectivity index (χ2n) is 5.28. The van der Waals surface area contributed by atoms with E-state index >= 15 is 0 Å². The predicted molar refractivity (Wildman–Crippen MR) is 106 cm³/mol. The average Bonchev–Trinajstić information content (AvgIpc) is 3.05. The molecule has 0 atom stereocenters. The van der Waals surface area contributed by atoms with Gasteiger partial charge in [0.25, 0.3) is 0 Å². The third kappa shape index (κ3) is 1.85. The molecule has 2 aromatic carbocycles. The third-order valence-electron chi connectivity index (χ3n) is 3.84. The first kappa shape index (κ1) is 12.6. The molecule has 0 nitrogen and oxygen atoms in total. The zero-order chi connectivity index (χ0) is 14.1. The van der Waals surface area contributed by atoms with Crippen molar-refractivity contribution in [2.24, 2.45) is 0 Å². The third-order valence-corrected chi connectivity index (χ3v) is 7.57. The quantitative estimate of drug-likeness (QED) is 0.308. The van der Waals surface area contributed by atoms with Crippen LogP contribution in [0.2, 0.25) is 0 Å². The summed E-state index contributed by atoms with van der Waals surface area (Å²) in [4.78, 5) is 0. The van der Waals surface area contributed by atoms with Crippen LogP contribution in [0, 0.1) is 0 Å². The molecule has 5 rings (SSSR count). The molecule has 0 N–H and O–H groups in total. The number of rotatable bonds is 0. The molecule has 0 fully saturated rings. The molecule has 100 valence electrons. The van der Waals surface area contributed by atoms with Crippen LogP contribution < -0.4 is 4.78 Å². The molecule has 5 heteroatoms. The zero-order valence-electron chi connectivity index (χ0n) is 11.1. The standard InChI is InChI=1S/C16H8BBrS3/c17-15-3-7-1-9-10-2-8-4-16(18)21-12(8)6-14(10)19-13(9)5-11(7)20-15/h1-6H,17H2.